The number of allylic oxidation sites excluding steroid dienone is 2. The van der Waals surface area contributed by atoms with Gasteiger partial charge in [-0.25, -0.2) is 8.42 Å². The van der Waals surface area contributed by atoms with Gasteiger partial charge < -0.3 is 10.8 Å². The Kier molecular flexibility index (Phi) is 8.79. The minimum atomic E-state index is -4.51. The van der Waals surface area contributed by atoms with Crippen molar-refractivity contribution in [1.29, 1.82) is 0 Å². The Labute approximate surface area is 201 Å². The molecule has 0 saturated heterocycles. The number of hydrogen-bond acceptors (Lipinski definition) is 6. The standard InChI is InChI=1S/C20H17F3N4O3S.C4H6/c1-12-10-18(17(24)11-19(12)28)26-25-14-6-8-16(9-7-14)31(29,30)27-15-4-2-13(3-5-15)20(21,22)23;1-3-4-2/h2-11,27-28H,24H2,1H3;3-4H,1-2H2. The number of halogens is 3. The molecule has 0 aliphatic heterocycles. The third-order valence-electron chi connectivity index (χ3n) is 4.40. The molecule has 0 amide bonds. The molecule has 0 aliphatic carbocycles. The van der Waals surface area contributed by atoms with Gasteiger partial charge in [0.1, 0.15) is 11.4 Å². The number of phenols is 1. The number of benzene rings is 3. The highest BCUT2D eigenvalue weighted by atomic mass is 32.2. The largest absolute Gasteiger partial charge is 0.508 e. The van der Waals surface area contributed by atoms with Crippen molar-refractivity contribution in [1.82, 2.24) is 0 Å². The number of anilines is 2. The van der Waals surface area contributed by atoms with Crippen molar-refractivity contribution in [2.24, 2.45) is 10.2 Å². The maximum absolute atomic E-state index is 12.6. The smallest absolute Gasteiger partial charge is 0.416 e. The van der Waals surface area contributed by atoms with Crippen LogP contribution in [0.25, 0.3) is 0 Å². The van der Waals surface area contributed by atoms with Crippen molar-refractivity contribution < 1.29 is 26.7 Å². The van der Waals surface area contributed by atoms with E-state index >= 15 is 0 Å². The van der Waals surface area contributed by atoms with E-state index in [1.54, 1.807) is 25.1 Å². The van der Waals surface area contributed by atoms with Crippen LogP contribution in [0.15, 0.2) is 101 Å². The van der Waals surface area contributed by atoms with Crippen molar-refractivity contribution in [3.8, 4) is 5.75 Å². The highest BCUT2D eigenvalue weighted by molar-refractivity contribution is 7.92. The molecule has 4 N–H and O–H groups in total. The highest BCUT2D eigenvalue weighted by Crippen LogP contribution is 2.32. The Bertz CT molecular complexity index is 1310. The maximum atomic E-state index is 12.6. The summed E-state index contributed by atoms with van der Waals surface area (Å²) < 4.78 is 65.0. The van der Waals surface area contributed by atoms with Gasteiger partial charge in [0.15, 0.2) is 0 Å². The number of aryl methyl sites for hydroxylation is 1. The molecule has 0 bridgehead atoms. The molecule has 35 heavy (non-hydrogen) atoms. The summed E-state index contributed by atoms with van der Waals surface area (Å²) in [4.78, 5) is -0.105. The molecule has 0 saturated carbocycles. The van der Waals surface area contributed by atoms with Crippen LogP contribution in [0.1, 0.15) is 11.1 Å². The van der Waals surface area contributed by atoms with Gasteiger partial charge in [-0.1, -0.05) is 25.3 Å². The molecule has 0 radical (unpaired) electrons. The fourth-order valence-corrected chi connectivity index (χ4v) is 3.59. The van der Waals surface area contributed by atoms with E-state index in [-0.39, 0.29) is 22.0 Å². The zero-order valence-electron chi connectivity index (χ0n) is 18.6. The molecule has 3 aromatic rings. The molecule has 3 rings (SSSR count). The van der Waals surface area contributed by atoms with E-state index in [1.165, 1.54) is 30.3 Å². The molecule has 7 nitrogen and oxygen atoms in total. The van der Waals surface area contributed by atoms with Gasteiger partial charge in [0.25, 0.3) is 10.0 Å². The molecular formula is C24H23F3N4O3S. The fraction of sp³-hybridized carbons (Fsp3) is 0.0833. The number of alkyl halides is 3. The summed E-state index contributed by atoms with van der Waals surface area (Å²) in [6, 6.07) is 11.9. The van der Waals surface area contributed by atoms with E-state index in [0.29, 0.717) is 16.9 Å². The van der Waals surface area contributed by atoms with Crippen molar-refractivity contribution in [3.05, 3.63) is 97.1 Å². The number of azo groups is 1. The van der Waals surface area contributed by atoms with Crippen molar-refractivity contribution in [3.63, 3.8) is 0 Å². The topological polar surface area (TPSA) is 117 Å². The molecule has 0 aliphatic rings. The Hall–Kier alpha value is -4.12. The number of nitrogen functional groups attached to an aromatic ring is 1. The molecule has 3 aromatic carbocycles. The predicted molar refractivity (Wildman–Crippen MR) is 131 cm³/mol. The molecule has 0 unspecified atom stereocenters. The summed E-state index contributed by atoms with van der Waals surface area (Å²) in [6.07, 6.45) is -1.23. The number of rotatable bonds is 6. The minimum Gasteiger partial charge on any atom is -0.508 e. The first kappa shape index (κ1) is 27.1. The van der Waals surface area contributed by atoms with Crippen LogP contribution in [0, 0.1) is 6.92 Å². The second-order valence-electron chi connectivity index (χ2n) is 7.04. The third kappa shape index (κ3) is 7.71. The lowest BCUT2D eigenvalue weighted by atomic mass is 10.2. The average Bonchev–Trinajstić information content (AvgIpc) is 2.80. The quantitative estimate of drug-likeness (QED) is 0.193. The first-order chi connectivity index (χ1) is 16.4. The van der Waals surface area contributed by atoms with E-state index in [1.807, 2.05) is 0 Å². The van der Waals surface area contributed by atoms with Crippen LogP contribution >= 0.6 is 0 Å². The van der Waals surface area contributed by atoms with Gasteiger partial charge in [-0.3, -0.25) is 4.72 Å². The maximum Gasteiger partial charge on any atom is 0.416 e. The first-order valence-electron chi connectivity index (χ1n) is 9.92. The molecule has 0 spiro atoms. The number of sulfonamides is 1. The predicted octanol–water partition coefficient (Wildman–Crippen LogP) is 6.88. The van der Waals surface area contributed by atoms with Gasteiger partial charge >= 0.3 is 6.18 Å². The number of hydrogen-bond donors (Lipinski definition) is 3. The van der Waals surface area contributed by atoms with Crippen LogP contribution in [0.3, 0.4) is 0 Å². The molecule has 0 aromatic heterocycles. The minimum absolute atomic E-state index is 0.00469. The lowest BCUT2D eigenvalue weighted by molar-refractivity contribution is -0.137. The number of aromatic hydroxyl groups is 1. The molecular weight excluding hydrogens is 481 g/mol. The summed E-state index contributed by atoms with van der Waals surface area (Å²) in [6.45, 7) is 8.40. The van der Waals surface area contributed by atoms with Crippen LogP contribution in [-0.2, 0) is 16.2 Å². The van der Waals surface area contributed by atoms with Crippen LogP contribution in [-0.4, -0.2) is 13.5 Å². The molecule has 0 fully saturated rings. The van der Waals surface area contributed by atoms with Crippen LogP contribution < -0.4 is 10.5 Å². The lowest BCUT2D eigenvalue weighted by Crippen LogP contribution is -2.13. The number of nitrogens with two attached hydrogens (primary N) is 1. The van der Waals surface area contributed by atoms with Crippen LogP contribution in [0.5, 0.6) is 5.75 Å². The van der Waals surface area contributed by atoms with Crippen molar-refractivity contribution in [2.75, 3.05) is 10.5 Å². The van der Waals surface area contributed by atoms with Crippen molar-refractivity contribution >= 4 is 32.8 Å². The fourth-order valence-electron chi connectivity index (χ4n) is 2.53. The van der Waals surface area contributed by atoms with E-state index in [4.69, 9.17) is 5.73 Å². The van der Waals surface area contributed by atoms with Gasteiger partial charge in [-0.2, -0.15) is 18.3 Å². The Balaban J connectivity index is 0.00000100. The van der Waals surface area contributed by atoms with Crippen molar-refractivity contribution in [2.45, 2.75) is 18.0 Å². The third-order valence-corrected chi connectivity index (χ3v) is 5.79. The zero-order chi connectivity index (χ0) is 26.2. The van der Waals surface area contributed by atoms with Gasteiger partial charge in [-0.05, 0) is 67.1 Å². The van der Waals surface area contributed by atoms with Gasteiger partial charge in [0, 0.05) is 11.8 Å². The second-order valence-corrected chi connectivity index (χ2v) is 8.73. The summed E-state index contributed by atoms with van der Waals surface area (Å²) in [7, 11) is -4.01. The summed E-state index contributed by atoms with van der Waals surface area (Å²) >= 11 is 0. The van der Waals surface area contributed by atoms with Gasteiger partial charge in [-0.15, -0.1) is 5.11 Å². The SMILES string of the molecule is C=CC=C.Cc1cc(N=Nc2ccc(S(=O)(=O)Nc3ccc(C(F)(F)F)cc3)cc2)c(N)cc1O. The number of phenolic OH excluding ortho intramolecular Hbond substituents is 1. The Morgan fingerprint density at radius 2 is 1.54 bits per heavy atom. The monoisotopic (exact) mass is 504 g/mol. The van der Waals surface area contributed by atoms with E-state index in [9.17, 15) is 26.7 Å². The summed E-state index contributed by atoms with van der Waals surface area (Å²) in [5.41, 5.74) is 6.38. The van der Waals surface area contributed by atoms with E-state index in [0.717, 1.165) is 24.3 Å². The Morgan fingerprint density at radius 1 is 0.971 bits per heavy atom. The normalized spacial score (nSPS) is 11.4. The zero-order valence-corrected chi connectivity index (χ0v) is 19.4. The number of nitrogens with zero attached hydrogens (tertiary/aromatic N) is 2. The highest BCUT2D eigenvalue weighted by Gasteiger charge is 2.30. The van der Waals surface area contributed by atoms with E-state index in [2.05, 4.69) is 28.1 Å². The second kappa shape index (κ2) is 11.3. The summed E-state index contributed by atoms with van der Waals surface area (Å²) in [5.74, 6) is 0.0338. The average molecular weight is 505 g/mol. The summed E-state index contributed by atoms with van der Waals surface area (Å²) in [5, 5.41) is 17.6. The Morgan fingerprint density at radius 3 is 2.06 bits per heavy atom. The molecule has 184 valence electrons. The van der Waals surface area contributed by atoms with Gasteiger partial charge in [0.2, 0.25) is 0 Å². The molecule has 11 heteroatoms. The number of nitrogens with one attached hydrogen (secondary N) is 1. The van der Waals surface area contributed by atoms with E-state index < -0.39 is 21.8 Å². The van der Waals surface area contributed by atoms with Gasteiger partial charge in [0.05, 0.1) is 21.8 Å². The lowest BCUT2D eigenvalue weighted by Gasteiger charge is -2.10. The van der Waals surface area contributed by atoms with Crippen LogP contribution in [0.2, 0.25) is 0 Å². The molecule has 0 heterocycles. The first-order valence-corrected chi connectivity index (χ1v) is 11.4. The molecule has 0 atom stereocenters. The van der Waals surface area contributed by atoms with Crippen LogP contribution in [0.4, 0.5) is 35.9 Å².